The summed E-state index contributed by atoms with van der Waals surface area (Å²) in [6.07, 6.45) is 16.5. The van der Waals surface area contributed by atoms with Crippen LogP contribution in [0, 0.1) is 28.6 Å². The van der Waals surface area contributed by atoms with Gasteiger partial charge in [0.1, 0.15) is 0 Å². The summed E-state index contributed by atoms with van der Waals surface area (Å²) in [4.78, 5) is 4.35. The van der Waals surface area contributed by atoms with E-state index in [9.17, 15) is 5.11 Å². The Morgan fingerprint density at radius 1 is 1.04 bits per heavy atom. The molecule has 0 spiro atoms. The van der Waals surface area contributed by atoms with Crippen LogP contribution in [0.4, 0.5) is 0 Å². The molecule has 5 rings (SSSR count). The predicted molar refractivity (Wildman–Crippen MR) is 110 cm³/mol. The number of aliphatic hydroxyl groups excluding tert-OH is 1. The lowest BCUT2D eigenvalue weighted by Gasteiger charge is -2.57. The Morgan fingerprint density at radius 3 is 2.67 bits per heavy atom. The standard InChI is InChI=1S/C24H30ClNO/c1-23-9-7-18(27)12-16(23)3-4-19-21-6-5-20(15-11-17(25)14-26-13-15)24(21,2)10-8-22(19)23/h3,5,11,13-14,18-19,21-22,27H,4,6-10,12H2,1-2H3. The van der Waals surface area contributed by atoms with Crippen LogP contribution < -0.4 is 0 Å². The Kier molecular flexibility index (Phi) is 4.11. The van der Waals surface area contributed by atoms with Crippen LogP contribution in [0.15, 0.2) is 36.2 Å². The number of hydrogen-bond donors (Lipinski definition) is 1. The number of aromatic nitrogens is 1. The molecule has 0 aliphatic heterocycles. The third kappa shape index (κ3) is 2.59. The lowest BCUT2D eigenvalue weighted by molar-refractivity contribution is -0.0238. The van der Waals surface area contributed by atoms with E-state index in [1.54, 1.807) is 11.8 Å². The van der Waals surface area contributed by atoms with Crippen LogP contribution >= 0.6 is 11.6 Å². The summed E-state index contributed by atoms with van der Waals surface area (Å²) in [5, 5.41) is 10.9. The molecule has 0 radical (unpaired) electrons. The molecule has 2 nitrogen and oxygen atoms in total. The largest absolute Gasteiger partial charge is 0.393 e. The Bertz CT molecular complexity index is 829. The van der Waals surface area contributed by atoms with Crippen molar-refractivity contribution < 1.29 is 5.11 Å². The first-order chi connectivity index (χ1) is 12.9. The fourth-order valence-electron chi connectivity index (χ4n) is 7.22. The van der Waals surface area contributed by atoms with E-state index in [1.807, 2.05) is 6.20 Å². The van der Waals surface area contributed by atoms with Crippen molar-refractivity contribution in [1.82, 2.24) is 4.98 Å². The molecule has 0 saturated heterocycles. The van der Waals surface area contributed by atoms with Gasteiger partial charge in [0.25, 0.3) is 0 Å². The van der Waals surface area contributed by atoms with Gasteiger partial charge in [-0.1, -0.05) is 43.2 Å². The molecule has 6 atom stereocenters. The van der Waals surface area contributed by atoms with Crippen molar-refractivity contribution in [3.8, 4) is 0 Å². The molecule has 4 aliphatic carbocycles. The van der Waals surface area contributed by atoms with Crippen molar-refractivity contribution in [3.05, 3.63) is 46.8 Å². The van der Waals surface area contributed by atoms with E-state index in [-0.39, 0.29) is 11.5 Å². The van der Waals surface area contributed by atoms with E-state index in [2.05, 4.69) is 37.0 Å². The Balaban J connectivity index is 1.48. The van der Waals surface area contributed by atoms with E-state index in [1.165, 1.54) is 36.8 Å². The maximum absolute atomic E-state index is 10.2. The van der Waals surface area contributed by atoms with Crippen LogP contribution in [0.2, 0.25) is 5.02 Å². The van der Waals surface area contributed by atoms with Gasteiger partial charge in [0.15, 0.2) is 0 Å². The first-order valence-corrected chi connectivity index (χ1v) is 11.0. The highest BCUT2D eigenvalue weighted by Gasteiger charge is 2.56. The van der Waals surface area contributed by atoms with Gasteiger partial charge in [-0.2, -0.15) is 0 Å². The molecule has 0 aromatic carbocycles. The Hall–Kier alpha value is -1.12. The molecular formula is C24H30ClNO. The van der Waals surface area contributed by atoms with Crippen molar-refractivity contribution in [1.29, 1.82) is 0 Å². The van der Waals surface area contributed by atoms with Gasteiger partial charge < -0.3 is 5.11 Å². The number of pyridine rings is 1. The van der Waals surface area contributed by atoms with Gasteiger partial charge in [-0.15, -0.1) is 0 Å². The number of aliphatic hydroxyl groups is 1. The van der Waals surface area contributed by atoms with Crippen molar-refractivity contribution >= 4 is 17.2 Å². The zero-order chi connectivity index (χ0) is 18.8. The van der Waals surface area contributed by atoms with Gasteiger partial charge in [0.05, 0.1) is 11.1 Å². The molecule has 27 heavy (non-hydrogen) atoms. The van der Waals surface area contributed by atoms with Crippen LogP contribution in [0.25, 0.3) is 5.57 Å². The van der Waals surface area contributed by atoms with Crippen molar-refractivity contribution in [2.75, 3.05) is 0 Å². The smallest absolute Gasteiger partial charge is 0.0595 e. The number of rotatable bonds is 1. The van der Waals surface area contributed by atoms with Gasteiger partial charge in [-0.3, -0.25) is 4.98 Å². The molecule has 3 heteroatoms. The van der Waals surface area contributed by atoms with Gasteiger partial charge in [0, 0.05) is 12.4 Å². The van der Waals surface area contributed by atoms with E-state index in [4.69, 9.17) is 11.6 Å². The molecule has 2 saturated carbocycles. The second kappa shape index (κ2) is 6.19. The minimum Gasteiger partial charge on any atom is -0.393 e. The lowest BCUT2D eigenvalue weighted by Crippen LogP contribution is -2.49. The minimum atomic E-state index is -0.121. The summed E-state index contributed by atoms with van der Waals surface area (Å²) in [7, 11) is 0. The highest BCUT2D eigenvalue weighted by Crippen LogP contribution is 2.66. The third-order valence-corrected chi connectivity index (χ3v) is 8.88. The highest BCUT2D eigenvalue weighted by molar-refractivity contribution is 6.30. The maximum Gasteiger partial charge on any atom is 0.0595 e. The first kappa shape index (κ1) is 17.9. The van der Waals surface area contributed by atoms with E-state index in [0.29, 0.717) is 11.3 Å². The second-order valence-electron chi connectivity index (χ2n) is 9.86. The van der Waals surface area contributed by atoms with Gasteiger partial charge in [0.2, 0.25) is 0 Å². The summed E-state index contributed by atoms with van der Waals surface area (Å²) < 4.78 is 0. The second-order valence-corrected chi connectivity index (χ2v) is 10.3. The Labute approximate surface area is 167 Å². The monoisotopic (exact) mass is 383 g/mol. The van der Waals surface area contributed by atoms with E-state index < -0.39 is 0 Å². The predicted octanol–water partition coefficient (Wildman–Crippen LogP) is 6.05. The van der Waals surface area contributed by atoms with Gasteiger partial charge >= 0.3 is 0 Å². The summed E-state index contributed by atoms with van der Waals surface area (Å²) in [6.45, 7) is 4.98. The number of nitrogens with zero attached hydrogens (tertiary/aromatic N) is 1. The van der Waals surface area contributed by atoms with Crippen LogP contribution in [0.5, 0.6) is 0 Å². The minimum absolute atomic E-state index is 0.121. The fourth-order valence-corrected chi connectivity index (χ4v) is 7.39. The third-order valence-electron chi connectivity index (χ3n) is 8.67. The van der Waals surface area contributed by atoms with Crippen molar-refractivity contribution in [2.24, 2.45) is 28.6 Å². The molecule has 1 N–H and O–H groups in total. The van der Waals surface area contributed by atoms with E-state index >= 15 is 0 Å². The number of halogens is 1. The first-order valence-electron chi connectivity index (χ1n) is 10.6. The molecule has 1 aromatic heterocycles. The SMILES string of the molecule is CC12CCC(O)CC1=CCC1C2CCC2(C)C(c3cncc(Cl)c3)=CCC12. The summed E-state index contributed by atoms with van der Waals surface area (Å²) in [5.74, 6) is 2.24. The molecular weight excluding hydrogens is 354 g/mol. The van der Waals surface area contributed by atoms with Crippen molar-refractivity contribution in [2.45, 2.75) is 64.9 Å². The molecule has 0 amide bonds. The molecule has 4 aliphatic rings. The number of allylic oxidation sites excluding steroid dienone is 3. The molecule has 6 unspecified atom stereocenters. The van der Waals surface area contributed by atoms with Crippen molar-refractivity contribution in [3.63, 3.8) is 0 Å². The summed E-state index contributed by atoms with van der Waals surface area (Å²) >= 11 is 6.24. The highest BCUT2D eigenvalue weighted by atomic mass is 35.5. The van der Waals surface area contributed by atoms with E-state index in [0.717, 1.165) is 36.1 Å². The van der Waals surface area contributed by atoms with Gasteiger partial charge in [-0.05, 0) is 90.7 Å². The molecule has 1 aromatic rings. The topological polar surface area (TPSA) is 33.1 Å². The summed E-state index contributed by atoms with van der Waals surface area (Å²) in [5.41, 5.74) is 4.79. The van der Waals surface area contributed by atoms with Crippen LogP contribution in [0.3, 0.4) is 0 Å². The quantitative estimate of drug-likeness (QED) is 0.598. The number of fused-ring (bicyclic) bond motifs is 5. The molecule has 0 bridgehead atoms. The molecule has 144 valence electrons. The average Bonchev–Trinajstić information content (AvgIpc) is 2.99. The zero-order valence-electron chi connectivity index (χ0n) is 16.4. The van der Waals surface area contributed by atoms with Crippen LogP contribution in [-0.2, 0) is 0 Å². The fraction of sp³-hybridized carbons (Fsp3) is 0.625. The zero-order valence-corrected chi connectivity index (χ0v) is 17.2. The van der Waals surface area contributed by atoms with Gasteiger partial charge in [-0.25, -0.2) is 0 Å². The maximum atomic E-state index is 10.2. The number of hydrogen-bond acceptors (Lipinski definition) is 2. The Morgan fingerprint density at radius 2 is 1.85 bits per heavy atom. The average molecular weight is 384 g/mol. The normalized spacial score (nSPS) is 43.3. The van der Waals surface area contributed by atoms with Crippen LogP contribution in [0.1, 0.15) is 64.4 Å². The molecule has 1 heterocycles. The molecule has 2 fully saturated rings. The summed E-state index contributed by atoms with van der Waals surface area (Å²) in [6, 6.07) is 2.09. The lowest BCUT2D eigenvalue weighted by atomic mass is 9.47. The van der Waals surface area contributed by atoms with Crippen LogP contribution in [-0.4, -0.2) is 16.2 Å².